The van der Waals surface area contributed by atoms with E-state index >= 15 is 0 Å². The first-order valence-corrected chi connectivity index (χ1v) is 13.1. The lowest BCUT2D eigenvalue weighted by Gasteiger charge is -2.37. The van der Waals surface area contributed by atoms with E-state index in [9.17, 15) is 14.4 Å². The minimum atomic E-state index is -0.794. The number of hydrogen-bond acceptors (Lipinski definition) is 6. The van der Waals surface area contributed by atoms with Gasteiger partial charge in [0.05, 0.1) is 25.8 Å². The topological polar surface area (TPSA) is 114 Å². The lowest BCUT2D eigenvalue weighted by atomic mass is 10.1. The van der Waals surface area contributed by atoms with Gasteiger partial charge in [0.2, 0.25) is 5.91 Å². The van der Waals surface area contributed by atoms with E-state index in [-0.39, 0.29) is 30.9 Å². The highest BCUT2D eigenvalue weighted by Crippen LogP contribution is 2.27. The van der Waals surface area contributed by atoms with Crippen molar-refractivity contribution in [3.8, 4) is 5.75 Å². The van der Waals surface area contributed by atoms with E-state index in [0.717, 1.165) is 68.9 Å². The van der Waals surface area contributed by atoms with Crippen LogP contribution in [0.1, 0.15) is 24.0 Å². The summed E-state index contributed by atoms with van der Waals surface area (Å²) in [5, 5.41) is 14.7. The number of carbonyl (C=O) groups is 3. The summed E-state index contributed by atoms with van der Waals surface area (Å²) >= 11 is 0. The lowest BCUT2D eigenvalue weighted by Crippen LogP contribution is -2.52. The van der Waals surface area contributed by atoms with E-state index in [0.29, 0.717) is 11.4 Å². The summed E-state index contributed by atoms with van der Waals surface area (Å²) in [7, 11) is 1.54. The van der Waals surface area contributed by atoms with Crippen LogP contribution in [-0.4, -0.2) is 96.7 Å². The number of nitrogens with zero attached hydrogens (tertiary/aromatic N) is 3. The number of aryl methyl sites for hydroxylation is 1. The van der Waals surface area contributed by atoms with E-state index in [1.165, 1.54) is 7.11 Å². The maximum Gasteiger partial charge on any atom is 0.323 e. The van der Waals surface area contributed by atoms with Crippen LogP contribution in [0, 0.1) is 6.92 Å². The SMILES string of the molecule is COc1cc(CC(=O)N2CCCC2CN2CCN(CC(=O)O)CC2)ccc1NC(=O)Nc1ccccc1C. The molecule has 0 radical (unpaired) electrons. The van der Waals surface area contributed by atoms with Crippen LogP contribution in [0.4, 0.5) is 16.2 Å². The highest BCUT2D eigenvalue weighted by Gasteiger charge is 2.31. The predicted molar refractivity (Wildman–Crippen MR) is 146 cm³/mol. The Labute approximate surface area is 223 Å². The van der Waals surface area contributed by atoms with Crippen molar-refractivity contribution < 1.29 is 24.2 Å². The molecule has 2 aliphatic heterocycles. The first kappa shape index (κ1) is 27.4. The molecule has 10 heteroatoms. The van der Waals surface area contributed by atoms with Gasteiger partial charge >= 0.3 is 12.0 Å². The number of carbonyl (C=O) groups excluding carboxylic acids is 2. The largest absolute Gasteiger partial charge is 0.495 e. The van der Waals surface area contributed by atoms with Gasteiger partial charge in [0.25, 0.3) is 0 Å². The zero-order chi connectivity index (χ0) is 27.1. The zero-order valence-corrected chi connectivity index (χ0v) is 22.1. The third-order valence-corrected chi connectivity index (χ3v) is 7.25. The number of benzene rings is 2. The van der Waals surface area contributed by atoms with Crippen LogP contribution < -0.4 is 15.4 Å². The minimum absolute atomic E-state index is 0.0804. The Bertz CT molecular complexity index is 1150. The number of carboxylic acid groups (broad SMARTS) is 1. The molecule has 0 aromatic heterocycles. The van der Waals surface area contributed by atoms with Crippen molar-refractivity contribution in [3.63, 3.8) is 0 Å². The molecule has 2 saturated heterocycles. The molecule has 2 heterocycles. The molecule has 3 N–H and O–H groups in total. The van der Waals surface area contributed by atoms with Gasteiger partial charge in [0.1, 0.15) is 5.75 Å². The molecule has 2 aromatic carbocycles. The van der Waals surface area contributed by atoms with Crippen molar-refractivity contribution in [2.45, 2.75) is 32.2 Å². The highest BCUT2D eigenvalue weighted by molar-refractivity contribution is 6.01. The summed E-state index contributed by atoms with van der Waals surface area (Å²) < 4.78 is 5.51. The lowest BCUT2D eigenvalue weighted by molar-refractivity contribution is -0.139. The third kappa shape index (κ3) is 7.23. The first-order valence-electron chi connectivity index (χ1n) is 13.1. The number of urea groups is 1. The van der Waals surface area contributed by atoms with Crippen LogP contribution in [0.15, 0.2) is 42.5 Å². The summed E-state index contributed by atoms with van der Waals surface area (Å²) in [6, 6.07) is 12.7. The fourth-order valence-corrected chi connectivity index (χ4v) is 5.19. The molecule has 1 atom stereocenters. The molecule has 2 aliphatic rings. The van der Waals surface area contributed by atoms with Gasteiger partial charge in [-0.3, -0.25) is 19.4 Å². The fraction of sp³-hybridized carbons (Fsp3) is 0.464. The predicted octanol–water partition coefficient (Wildman–Crippen LogP) is 2.88. The maximum atomic E-state index is 13.3. The monoisotopic (exact) mass is 523 g/mol. The average Bonchev–Trinajstić information content (AvgIpc) is 3.35. The van der Waals surface area contributed by atoms with Gasteiger partial charge in [0.15, 0.2) is 0 Å². The Morgan fingerprint density at radius 3 is 2.39 bits per heavy atom. The Kier molecular flexibility index (Phi) is 9.19. The second kappa shape index (κ2) is 12.7. The summed E-state index contributed by atoms with van der Waals surface area (Å²) in [5.74, 6) is -0.221. The van der Waals surface area contributed by atoms with Crippen LogP contribution in [-0.2, 0) is 16.0 Å². The number of aliphatic carboxylic acids is 1. The fourth-order valence-electron chi connectivity index (χ4n) is 5.19. The van der Waals surface area contributed by atoms with Gasteiger partial charge < -0.3 is 25.4 Å². The van der Waals surface area contributed by atoms with Crippen LogP contribution in [0.5, 0.6) is 5.75 Å². The normalized spacial score (nSPS) is 18.3. The number of nitrogens with one attached hydrogen (secondary N) is 2. The first-order chi connectivity index (χ1) is 18.3. The molecule has 38 heavy (non-hydrogen) atoms. The van der Waals surface area contributed by atoms with Crippen LogP contribution in [0.25, 0.3) is 0 Å². The number of anilines is 2. The minimum Gasteiger partial charge on any atom is -0.495 e. The van der Waals surface area contributed by atoms with Gasteiger partial charge in [-0.05, 0) is 49.1 Å². The third-order valence-electron chi connectivity index (χ3n) is 7.25. The van der Waals surface area contributed by atoms with Gasteiger partial charge in [0, 0.05) is 51.0 Å². The molecular weight excluding hydrogens is 486 g/mol. The Balaban J connectivity index is 1.31. The molecule has 0 aliphatic carbocycles. The van der Waals surface area contributed by atoms with Crippen LogP contribution >= 0.6 is 0 Å². The van der Waals surface area contributed by atoms with Crippen LogP contribution in [0.2, 0.25) is 0 Å². The van der Waals surface area contributed by atoms with Crippen molar-refractivity contribution in [1.82, 2.24) is 14.7 Å². The smallest absolute Gasteiger partial charge is 0.323 e. The quantitative estimate of drug-likeness (QED) is 0.463. The molecule has 3 amide bonds. The van der Waals surface area contributed by atoms with Crippen molar-refractivity contribution in [3.05, 3.63) is 53.6 Å². The summed E-state index contributed by atoms with van der Waals surface area (Å²) in [6.45, 7) is 6.66. The van der Waals surface area contributed by atoms with Gasteiger partial charge in [-0.2, -0.15) is 0 Å². The maximum absolute atomic E-state index is 13.3. The second-order valence-corrected chi connectivity index (χ2v) is 9.96. The van der Waals surface area contributed by atoms with Crippen LogP contribution in [0.3, 0.4) is 0 Å². The number of ether oxygens (including phenoxy) is 1. The highest BCUT2D eigenvalue weighted by atomic mass is 16.5. The molecule has 0 saturated carbocycles. The Morgan fingerprint density at radius 1 is 0.974 bits per heavy atom. The number of hydrogen-bond donors (Lipinski definition) is 3. The Morgan fingerprint density at radius 2 is 1.68 bits per heavy atom. The molecular formula is C28H37N5O5. The number of para-hydroxylation sites is 1. The number of carboxylic acids is 1. The molecule has 2 aromatic rings. The Hall–Kier alpha value is -3.63. The number of likely N-dealkylation sites (tertiary alicyclic amines) is 1. The number of rotatable bonds is 9. The van der Waals surface area contributed by atoms with E-state index < -0.39 is 5.97 Å². The van der Waals surface area contributed by atoms with E-state index in [2.05, 4.69) is 15.5 Å². The van der Waals surface area contributed by atoms with E-state index in [1.807, 2.05) is 47.1 Å². The zero-order valence-electron chi connectivity index (χ0n) is 22.1. The summed E-state index contributed by atoms with van der Waals surface area (Å²) in [6.07, 6.45) is 2.22. The van der Waals surface area contributed by atoms with Gasteiger partial charge in [-0.15, -0.1) is 0 Å². The molecule has 4 rings (SSSR count). The molecule has 0 bridgehead atoms. The number of amides is 3. The molecule has 2 fully saturated rings. The molecule has 10 nitrogen and oxygen atoms in total. The van der Waals surface area contributed by atoms with E-state index in [4.69, 9.17) is 9.84 Å². The van der Waals surface area contributed by atoms with Gasteiger partial charge in [-0.25, -0.2) is 4.79 Å². The standard InChI is InChI=1S/C28H37N5O5/c1-20-6-3-4-8-23(20)29-28(37)30-24-10-9-21(16-25(24)38-2)17-26(34)33-11-5-7-22(33)18-31-12-14-32(15-13-31)19-27(35)36/h3-4,6,8-10,16,22H,5,7,11-15,17-19H2,1-2H3,(H,35,36)(H2,29,30,37). The van der Waals surface area contributed by atoms with Gasteiger partial charge in [-0.1, -0.05) is 24.3 Å². The summed E-state index contributed by atoms with van der Waals surface area (Å²) in [5.41, 5.74) is 3.04. The van der Waals surface area contributed by atoms with Crippen molar-refractivity contribution in [1.29, 1.82) is 0 Å². The average molecular weight is 524 g/mol. The number of methoxy groups -OCH3 is 1. The van der Waals surface area contributed by atoms with Crippen molar-refractivity contribution in [2.75, 3.05) is 63.6 Å². The van der Waals surface area contributed by atoms with Crippen molar-refractivity contribution in [2.24, 2.45) is 0 Å². The van der Waals surface area contributed by atoms with E-state index in [1.54, 1.807) is 12.1 Å². The summed E-state index contributed by atoms with van der Waals surface area (Å²) in [4.78, 5) is 43.0. The molecule has 1 unspecified atom stereocenters. The number of piperazine rings is 1. The molecule has 204 valence electrons. The molecule has 0 spiro atoms. The van der Waals surface area contributed by atoms with Crippen molar-refractivity contribution >= 4 is 29.3 Å². The second-order valence-electron chi connectivity index (χ2n) is 9.96.